The summed E-state index contributed by atoms with van der Waals surface area (Å²) >= 11 is 0. The number of rotatable bonds is 3. The van der Waals surface area contributed by atoms with Crippen molar-refractivity contribution in [3.05, 3.63) is 18.2 Å². The number of ether oxygens (including phenoxy) is 1. The summed E-state index contributed by atoms with van der Waals surface area (Å²) in [7, 11) is 0. The van der Waals surface area contributed by atoms with Crippen molar-refractivity contribution in [1.29, 1.82) is 0 Å². The quantitative estimate of drug-likeness (QED) is 0.667. The van der Waals surface area contributed by atoms with Crippen LogP contribution < -0.4 is 0 Å². The predicted molar refractivity (Wildman–Crippen MR) is 57.2 cm³/mol. The SMILES string of the molecule is C#CCn1ccnc1CN1CCOCC1. The molecule has 0 aromatic carbocycles. The van der Waals surface area contributed by atoms with Gasteiger partial charge in [0.05, 0.1) is 26.3 Å². The number of nitrogens with zero attached hydrogens (tertiary/aromatic N) is 3. The van der Waals surface area contributed by atoms with Gasteiger partial charge in [0.2, 0.25) is 0 Å². The molecule has 1 aliphatic heterocycles. The van der Waals surface area contributed by atoms with E-state index >= 15 is 0 Å². The first-order valence-electron chi connectivity index (χ1n) is 5.13. The minimum Gasteiger partial charge on any atom is -0.379 e. The Morgan fingerprint density at radius 3 is 3.00 bits per heavy atom. The van der Waals surface area contributed by atoms with Gasteiger partial charge in [-0.1, -0.05) is 5.92 Å². The molecule has 15 heavy (non-hydrogen) atoms. The average molecular weight is 205 g/mol. The highest BCUT2D eigenvalue weighted by atomic mass is 16.5. The first-order valence-corrected chi connectivity index (χ1v) is 5.13. The highest BCUT2D eigenvalue weighted by Gasteiger charge is 2.12. The maximum Gasteiger partial charge on any atom is 0.123 e. The molecule has 4 heteroatoms. The molecule has 1 aliphatic rings. The molecule has 1 fully saturated rings. The maximum atomic E-state index is 5.30. The lowest BCUT2D eigenvalue weighted by Crippen LogP contribution is -2.36. The monoisotopic (exact) mass is 205 g/mol. The van der Waals surface area contributed by atoms with Crippen molar-refractivity contribution >= 4 is 0 Å². The number of morpholine rings is 1. The summed E-state index contributed by atoms with van der Waals surface area (Å²) in [6.07, 6.45) is 9.01. The van der Waals surface area contributed by atoms with E-state index in [2.05, 4.69) is 15.8 Å². The van der Waals surface area contributed by atoms with E-state index in [1.54, 1.807) is 6.20 Å². The van der Waals surface area contributed by atoms with Crippen molar-refractivity contribution in [1.82, 2.24) is 14.5 Å². The lowest BCUT2D eigenvalue weighted by atomic mass is 10.4. The molecule has 4 nitrogen and oxygen atoms in total. The van der Waals surface area contributed by atoms with E-state index in [9.17, 15) is 0 Å². The first kappa shape index (κ1) is 10.2. The van der Waals surface area contributed by atoms with Crippen LogP contribution in [0.5, 0.6) is 0 Å². The number of terminal acetylenes is 1. The zero-order valence-corrected chi connectivity index (χ0v) is 8.72. The van der Waals surface area contributed by atoms with Crippen LogP contribution in [-0.2, 0) is 17.8 Å². The van der Waals surface area contributed by atoms with Crippen molar-refractivity contribution in [2.45, 2.75) is 13.1 Å². The zero-order valence-electron chi connectivity index (χ0n) is 8.72. The van der Waals surface area contributed by atoms with E-state index in [1.165, 1.54) is 0 Å². The number of imidazole rings is 1. The largest absolute Gasteiger partial charge is 0.379 e. The maximum absolute atomic E-state index is 5.30. The Bertz CT molecular complexity index is 347. The third-order valence-electron chi connectivity index (χ3n) is 2.53. The van der Waals surface area contributed by atoms with Crippen LogP contribution in [0.3, 0.4) is 0 Å². The number of aromatic nitrogens is 2. The van der Waals surface area contributed by atoms with Gasteiger partial charge in [0.15, 0.2) is 0 Å². The van der Waals surface area contributed by atoms with E-state index in [1.807, 2.05) is 10.8 Å². The molecule has 0 unspecified atom stereocenters. The van der Waals surface area contributed by atoms with Crippen LogP contribution in [0, 0.1) is 12.3 Å². The summed E-state index contributed by atoms with van der Waals surface area (Å²) in [5.41, 5.74) is 0. The molecule has 1 aromatic heterocycles. The molecule has 0 atom stereocenters. The van der Waals surface area contributed by atoms with Gasteiger partial charge in [-0.3, -0.25) is 4.90 Å². The first-order chi connectivity index (χ1) is 7.40. The normalized spacial score (nSPS) is 17.5. The summed E-state index contributed by atoms with van der Waals surface area (Å²) < 4.78 is 7.30. The molecule has 0 bridgehead atoms. The lowest BCUT2D eigenvalue weighted by molar-refractivity contribution is 0.0326. The average Bonchev–Trinajstić information content (AvgIpc) is 2.68. The van der Waals surface area contributed by atoms with E-state index in [4.69, 9.17) is 11.2 Å². The third kappa shape index (κ3) is 2.58. The van der Waals surface area contributed by atoms with Crippen LogP contribution >= 0.6 is 0 Å². The Labute approximate surface area is 89.9 Å². The van der Waals surface area contributed by atoms with Crippen molar-refractivity contribution in [3.8, 4) is 12.3 Å². The summed E-state index contributed by atoms with van der Waals surface area (Å²) in [5.74, 6) is 3.66. The molecule has 1 saturated heterocycles. The van der Waals surface area contributed by atoms with Crippen molar-refractivity contribution < 1.29 is 4.74 Å². The van der Waals surface area contributed by atoms with Gasteiger partial charge >= 0.3 is 0 Å². The van der Waals surface area contributed by atoms with E-state index < -0.39 is 0 Å². The molecule has 1 aromatic rings. The Morgan fingerprint density at radius 2 is 2.27 bits per heavy atom. The minimum atomic E-state index is 0.597. The zero-order chi connectivity index (χ0) is 10.5. The highest BCUT2D eigenvalue weighted by molar-refractivity contribution is 4.97. The number of hydrogen-bond donors (Lipinski definition) is 0. The Balaban J connectivity index is 1.97. The van der Waals surface area contributed by atoms with E-state index in [-0.39, 0.29) is 0 Å². The molecule has 0 aliphatic carbocycles. The van der Waals surface area contributed by atoms with Gasteiger partial charge in [0.25, 0.3) is 0 Å². The smallest absolute Gasteiger partial charge is 0.123 e. The van der Waals surface area contributed by atoms with Gasteiger partial charge in [0.1, 0.15) is 5.82 Å². The van der Waals surface area contributed by atoms with Crippen LogP contribution in [0.25, 0.3) is 0 Å². The fourth-order valence-corrected chi connectivity index (χ4v) is 1.69. The molecule has 0 saturated carbocycles. The fourth-order valence-electron chi connectivity index (χ4n) is 1.69. The van der Waals surface area contributed by atoms with Crippen molar-refractivity contribution in [2.24, 2.45) is 0 Å². The second kappa shape index (κ2) is 4.96. The van der Waals surface area contributed by atoms with E-state index in [0.717, 1.165) is 38.7 Å². The lowest BCUT2D eigenvalue weighted by Gasteiger charge is -2.26. The van der Waals surface area contributed by atoms with Crippen LogP contribution in [0.2, 0.25) is 0 Å². The number of hydrogen-bond acceptors (Lipinski definition) is 3. The fraction of sp³-hybridized carbons (Fsp3) is 0.545. The van der Waals surface area contributed by atoms with Crippen molar-refractivity contribution in [2.75, 3.05) is 26.3 Å². The molecular formula is C11H15N3O. The molecule has 80 valence electrons. The van der Waals surface area contributed by atoms with Crippen LogP contribution in [0.15, 0.2) is 12.4 Å². The molecule has 0 amide bonds. The van der Waals surface area contributed by atoms with Crippen molar-refractivity contribution in [3.63, 3.8) is 0 Å². The predicted octanol–water partition coefficient (Wildman–Crippen LogP) is 0.348. The molecule has 0 N–H and O–H groups in total. The van der Waals surface area contributed by atoms with Gasteiger partial charge in [-0.05, 0) is 0 Å². The van der Waals surface area contributed by atoms with Gasteiger partial charge in [-0.25, -0.2) is 4.98 Å². The summed E-state index contributed by atoms with van der Waals surface area (Å²) in [5, 5.41) is 0. The van der Waals surface area contributed by atoms with Crippen LogP contribution in [0.4, 0.5) is 0 Å². The summed E-state index contributed by atoms with van der Waals surface area (Å²) in [6, 6.07) is 0. The van der Waals surface area contributed by atoms with Crippen LogP contribution in [-0.4, -0.2) is 40.8 Å². The summed E-state index contributed by atoms with van der Waals surface area (Å²) in [4.78, 5) is 6.65. The highest BCUT2D eigenvalue weighted by Crippen LogP contribution is 2.05. The second-order valence-corrected chi connectivity index (χ2v) is 3.56. The molecule has 2 heterocycles. The minimum absolute atomic E-state index is 0.597. The van der Waals surface area contributed by atoms with Gasteiger partial charge < -0.3 is 9.30 Å². The van der Waals surface area contributed by atoms with E-state index in [0.29, 0.717) is 6.54 Å². The van der Waals surface area contributed by atoms with Gasteiger partial charge in [-0.2, -0.15) is 0 Å². The molecule has 2 rings (SSSR count). The Kier molecular flexibility index (Phi) is 3.38. The topological polar surface area (TPSA) is 30.3 Å². The Hall–Kier alpha value is -1.31. The van der Waals surface area contributed by atoms with Crippen LogP contribution in [0.1, 0.15) is 5.82 Å². The molecule has 0 spiro atoms. The van der Waals surface area contributed by atoms with Gasteiger partial charge in [0, 0.05) is 25.5 Å². The molecule has 0 radical (unpaired) electrons. The molecular weight excluding hydrogens is 190 g/mol. The third-order valence-corrected chi connectivity index (χ3v) is 2.53. The van der Waals surface area contributed by atoms with Gasteiger partial charge in [-0.15, -0.1) is 6.42 Å². The standard InChI is InChI=1S/C11H15N3O/c1-2-4-14-5-3-12-11(14)10-13-6-8-15-9-7-13/h1,3,5H,4,6-10H2. The second-order valence-electron chi connectivity index (χ2n) is 3.56. The summed E-state index contributed by atoms with van der Waals surface area (Å²) in [6.45, 7) is 5.04. The Morgan fingerprint density at radius 1 is 1.47 bits per heavy atom.